The van der Waals surface area contributed by atoms with Crippen molar-refractivity contribution in [2.75, 3.05) is 0 Å². The van der Waals surface area contributed by atoms with Gasteiger partial charge in [0, 0.05) is 6.07 Å². The van der Waals surface area contributed by atoms with Crippen molar-refractivity contribution in [1.29, 1.82) is 0 Å². The van der Waals surface area contributed by atoms with Crippen LogP contribution < -0.4 is 4.74 Å². The van der Waals surface area contributed by atoms with Gasteiger partial charge in [-0.05, 0) is 6.07 Å². The van der Waals surface area contributed by atoms with Crippen molar-refractivity contribution in [2.45, 2.75) is 6.36 Å². The van der Waals surface area contributed by atoms with Crippen molar-refractivity contribution in [1.82, 2.24) is 0 Å². The van der Waals surface area contributed by atoms with Gasteiger partial charge in [-0.25, -0.2) is 0 Å². The summed E-state index contributed by atoms with van der Waals surface area (Å²) in [6, 6.07) is 6.26. The van der Waals surface area contributed by atoms with E-state index in [0.29, 0.717) is 0 Å². The Hall–Kier alpha value is -0.900. The van der Waals surface area contributed by atoms with Crippen molar-refractivity contribution < 1.29 is 17.9 Å². The van der Waals surface area contributed by atoms with Gasteiger partial charge in [-0.1, -0.05) is 23.7 Å². The second kappa shape index (κ2) is 3.23. The first-order valence-electron chi connectivity index (χ1n) is 2.91. The minimum Gasteiger partial charge on any atom is -0.404 e. The van der Waals surface area contributed by atoms with Crippen LogP contribution in [0.5, 0.6) is 5.75 Å². The highest BCUT2D eigenvalue weighted by Crippen LogP contribution is 2.28. The Morgan fingerprint density at radius 1 is 1.42 bits per heavy atom. The fourth-order valence-electron chi connectivity index (χ4n) is 0.595. The van der Waals surface area contributed by atoms with E-state index in [9.17, 15) is 13.2 Å². The zero-order valence-corrected chi connectivity index (χ0v) is 6.41. The van der Waals surface area contributed by atoms with E-state index in [0.717, 1.165) is 0 Å². The maximum atomic E-state index is 11.6. The zero-order valence-electron chi connectivity index (χ0n) is 5.65. The molecule has 1 radical (unpaired) electrons. The lowest BCUT2D eigenvalue weighted by Crippen LogP contribution is -2.17. The molecule has 0 fully saturated rings. The Kier molecular flexibility index (Phi) is 2.47. The molecule has 0 saturated heterocycles. The summed E-state index contributed by atoms with van der Waals surface area (Å²) in [5.74, 6) is -0.508. The SMILES string of the molecule is FC(F)(F)Oc1[c]cccc1Cl. The molecule has 0 aliphatic carbocycles. The molecule has 12 heavy (non-hydrogen) atoms. The lowest BCUT2D eigenvalue weighted by atomic mass is 10.3. The third kappa shape index (κ3) is 2.62. The predicted octanol–water partition coefficient (Wildman–Crippen LogP) is 3.04. The van der Waals surface area contributed by atoms with E-state index in [1.807, 2.05) is 0 Å². The summed E-state index contributed by atoms with van der Waals surface area (Å²) in [6.07, 6.45) is -4.72. The van der Waals surface area contributed by atoms with Gasteiger partial charge >= 0.3 is 6.36 Å². The molecule has 0 heterocycles. The molecule has 0 atom stereocenters. The average molecular weight is 196 g/mol. The molecule has 0 spiro atoms. The monoisotopic (exact) mass is 195 g/mol. The van der Waals surface area contributed by atoms with Gasteiger partial charge in [0.2, 0.25) is 0 Å². The molecule has 5 heteroatoms. The number of rotatable bonds is 1. The van der Waals surface area contributed by atoms with E-state index in [1.54, 1.807) is 0 Å². The molecule has 0 aromatic heterocycles. The molecule has 0 saturated carbocycles. The molecule has 0 unspecified atom stereocenters. The number of hydrogen-bond acceptors (Lipinski definition) is 1. The molecule has 0 bridgehead atoms. The fraction of sp³-hybridized carbons (Fsp3) is 0.143. The Labute approximate surface area is 71.7 Å². The molecular weight excluding hydrogens is 193 g/mol. The summed E-state index contributed by atoms with van der Waals surface area (Å²) in [4.78, 5) is 0. The highest BCUT2D eigenvalue weighted by Gasteiger charge is 2.31. The smallest absolute Gasteiger partial charge is 0.404 e. The van der Waals surface area contributed by atoms with E-state index >= 15 is 0 Å². The van der Waals surface area contributed by atoms with Crippen LogP contribution >= 0.6 is 11.6 Å². The number of halogens is 4. The molecule has 1 rings (SSSR count). The van der Waals surface area contributed by atoms with Crippen LogP contribution in [0, 0.1) is 6.07 Å². The van der Waals surface area contributed by atoms with E-state index in [2.05, 4.69) is 10.8 Å². The number of alkyl halides is 3. The third-order valence-corrected chi connectivity index (χ3v) is 1.29. The van der Waals surface area contributed by atoms with Crippen molar-refractivity contribution in [3.63, 3.8) is 0 Å². The number of ether oxygens (including phenoxy) is 1. The minimum absolute atomic E-state index is 0.116. The molecule has 0 amide bonds. The van der Waals surface area contributed by atoms with Crippen molar-refractivity contribution in [3.05, 3.63) is 29.3 Å². The largest absolute Gasteiger partial charge is 0.573 e. The summed E-state index contributed by atoms with van der Waals surface area (Å²) in [5.41, 5.74) is 0. The quantitative estimate of drug-likeness (QED) is 0.669. The number of benzene rings is 1. The van der Waals surface area contributed by atoms with Crippen molar-refractivity contribution in [2.24, 2.45) is 0 Å². The van der Waals surface area contributed by atoms with Gasteiger partial charge in [-0.3, -0.25) is 0 Å². The maximum absolute atomic E-state index is 11.6. The Morgan fingerprint density at radius 3 is 2.58 bits per heavy atom. The lowest BCUT2D eigenvalue weighted by Gasteiger charge is -2.08. The first kappa shape index (κ1) is 9.19. The number of hydrogen-bond donors (Lipinski definition) is 0. The topological polar surface area (TPSA) is 9.23 Å². The van der Waals surface area contributed by atoms with E-state index in [4.69, 9.17) is 11.6 Å². The first-order chi connectivity index (χ1) is 5.49. The average Bonchev–Trinajstić information content (AvgIpc) is 1.91. The summed E-state index contributed by atoms with van der Waals surface area (Å²) >= 11 is 5.37. The van der Waals surface area contributed by atoms with Crippen LogP contribution in [0.3, 0.4) is 0 Å². The molecule has 65 valence electrons. The second-order valence-electron chi connectivity index (χ2n) is 1.89. The van der Waals surface area contributed by atoms with Crippen LogP contribution in [0.2, 0.25) is 5.02 Å². The Morgan fingerprint density at radius 2 is 2.08 bits per heavy atom. The van der Waals surface area contributed by atoms with Gasteiger partial charge in [-0.15, -0.1) is 13.2 Å². The Balaban J connectivity index is 2.83. The van der Waals surface area contributed by atoms with Crippen LogP contribution in [-0.2, 0) is 0 Å². The van der Waals surface area contributed by atoms with Gasteiger partial charge in [0.25, 0.3) is 0 Å². The normalized spacial score (nSPS) is 11.3. The van der Waals surface area contributed by atoms with Crippen LogP contribution in [0.4, 0.5) is 13.2 Å². The Bertz CT molecular complexity index is 272. The highest BCUT2D eigenvalue weighted by atomic mass is 35.5. The summed E-state index contributed by atoms with van der Waals surface area (Å²) in [7, 11) is 0. The summed E-state index contributed by atoms with van der Waals surface area (Å²) in [6.45, 7) is 0. The van der Waals surface area contributed by atoms with Crippen molar-refractivity contribution in [3.8, 4) is 5.75 Å². The van der Waals surface area contributed by atoms with E-state index < -0.39 is 12.1 Å². The van der Waals surface area contributed by atoms with Crippen LogP contribution in [-0.4, -0.2) is 6.36 Å². The van der Waals surface area contributed by atoms with Gasteiger partial charge in [0.1, 0.15) is 0 Å². The standard InChI is InChI=1S/C7H3ClF3O/c8-5-3-1-2-4-6(5)12-7(9,10)11/h1-3H. The maximum Gasteiger partial charge on any atom is 0.573 e. The van der Waals surface area contributed by atoms with Gasteiger partial charge < -0.3 is 4.74 Å². The third-order valence-electron chi connectivity index (χ3n) is 0.988. The minimum atomic E-state index is -4.72. The molecule has 1 aromatic carbocycles. The van der Waals surface area contributed by atoms with Crippen LogP contribution in [0.15, 0.2) is 18.2 Å². The summed E-state index contributed by atoms with van der Waals surface area (Å²) in [5, 5.41) is -0.116. The van der Waals surface area contributed by atoms with Crippen molar-refractivity contribution >= 4 is 11.6 Å². The molecule has 1 nitrogen and oxygen atoms in total. The zero-order chi connectivity index (χ0) is 9.19. The fourth-order valence-corrected chi connectivity index (χ4v) is 0.761. The van der Waals surface area contributed by atoms with E-state index in [1.165, 1.54) is 18.2 Å². The lowest BCUT2D eigenvalue weighted by molar-refractivity contribution is -0.274. The molecule has 1 aromatic rings. The van der Waals surface area contributed by atoms with E-state index in [-0.39, 0.29) is 5.02 Å². The molecule has 0 N–H and O–H groups in total. The van der Waals surface area contributed by atoms with Crippen LogP contribution in [0.25, 0.3) is 0 Å². The van der Waals surface area contributed by atoms with Gasteiger partial charge in [0.05, 0.1) is 5.02 Å². The molecular formula is C7H3ClF3O. The predicted molar refractivity (Wildman–Crippen MR) is 37.0 cm³/mol. The van der Waals surface area contributed by atoms with Crippen LogP contribution in [0.1, 0.15) is 0 Å². The highest BCUT2D eigenvalue weighted by molar-refractivity contribution is 6.32. The molecule has 0 aliphatic heterocycles. The summed E-state index contributed by atoms with van der Waals surface area (Å²) < 4.78 is 38.4. The van der Waals surface area contributed by atoms with Gasteiger partial charge in [0.15, 0.2) is 5.75 Å². The number of para-hydroxylation sites is 1. The molecule has 0 aliphatic rings. The second-order valence-corrected chi connectivity index (χ2v) is 2.30. The van der Waals surface area contributed by atoms with Gasteiger partial charge in [-0.2, -0.15) is 0 Å². The first-order valence-corrected chi connectivity index (χ1v) is 3.29.